The Labute approximate surface area is 183 Å². The average molecular weight is 434 g/mol. The number of nitrogens with one attached hydrogen (secondary N) is 3. The van der Waals surface area contributed by atoms with Crippen molar-refractivity contribution in [1.29, 1.82) is 0 Å². The van der Waals surface area contributed by atoms with Crippen molar-refractivity contribution in [2.75, 3.05) is 26.2 Å². The lowest BCUT2D eigenvalue weighted by Gasteiger charge is -2.20. The first-order valence-corrected chi connectivity index (χ1v) is 10.2. The Balaban J connectivity index is 1.27. The highest BCUT2D eigenvalue weighted by Crippen LogP contribution is 2.22. The molecular formula is C23H22N4O5. The lowest BCUT2D eigenvalue weighted by molar-refractivity contribution is -0.133. The molecule has 0 spiro atoms. The highest BCUT2D eigenvalue weighted by molar-refractivity contribution is 5.98. The van der Waals surface area contributed by atoms with Crippen LogP contribution in [0.25, 0.3) is 10.9 Å². The summed E-state index contributed by atoms with van der Waals surface area (Å²) in [5, 5.41) is 5.52. The first-order valence-electron chi connectivity index (χ1n) is 10.2. The van der Waals surface area contributed by atoms with Crippen LogP contribution in [0.3, 0.4) is 0 Å². The molecule has 9 nitrogen and oxygen atoms in total. The molecule has 9 heteroatoms. The topological polar surface area (TPSA) is 121 Å². The van der Waals surface area contributed by atoms with Crippen LogP contribution in [0.5, 0.6) is 5.75 Å². The van der Waals surface area contributed by atoms with Crippen molar-refractivity contribution >= 4 is 28.6 Å². The standard InChI is InChI=1S/C23H22N4O5/c28-20(12-26-23(31)17-11-25-18-7-3-2-6-16(18)22(17)30)24-9-10-27-13-15-5-1-4-8-19(15)32-14-21(27)29/h1-8,11H,9-10,12-14H2,(H,24,28)(H,25,30)(H,26,31). The molecule has 0 radical (unpaired) electrons. The SMILES string of the molecule is O=C(CNC(=O)c1c[nH]c2ccccc2c1=O)NCCN1Cc2ccccc2OCC1=O. The fourth-order valence-corrected chi connectivity index (χ4v) is 3.49. The summed E-state index contributed by atoms with van der Waals surface area (Å²) in [5.74, 6) is -0.545. The zero-order valence-electron chi connectivity index (χ0n) is 17.2. The van der Waals surface area contributed by atoms with Gasteiger partial charge in [0.2, 0.25) is 11.3 Å². The molecule has 0 atom stereocenters. The van der Waals surface area contributed by atoms with E-state index in [1.165, 1.54) is 6.20 Å². The predicted octanol–water partition coefficient (Wildman–Crippen LogP) is 0.795. The zero-order valence-corrected chi connectivity index (χ0v) is 17.2. The summed E-state index contributed by atoms with van der Waals surface area (Å²) >= 11 is 0. The second-order valence-electron chi connectivity index (χ2n) is 7.32. The number of carbonyl (C=O) groups is 3. The highest BCUT2D eigenvalue weighted by Gasteiger charge is 2.21. The van der Waals surface area contributed by atoms with Crippen molar-refractivity contribution in [3.8, 4) is 5.75 Å². The molecule has 4 rings (SSSR count). The average Bonchev–Trinajstić information content (AvgIpc) is 2.97. The van der Waals surface area contributed by atoms with E-state index in [1.54, 1.807) is 29.2 Å². The van der Waals surface area contributed by atoms with Crippen LogP contribution >= 0.6 is 0 Å². The molecule has 0 saturated carbocycles. The Morgan fingerprint density at radius 3 is 2.69 bits per heavy atom. The number of benzene rings is 2. The molecule has 2 heterocycles. The molecule has 1 aliphatic rings. The first-order chi connectivity index (χ1) is 15.5. The summed E-state index contributed by atoms with van der Waals surface area (Å²) in [6.45, 7) is 0.582. The van der Waals surface area contributed by atoms with E-state index in [1.807, 2.05) is 24.3 Å². The maximum atomic E-state index is 12.5. The number of aromatic nitrogens is 1. The quantitative estimate of drug-likeness (QED) is 0.530. The van der Waals surface area contributed by atoms with Crippen molar-refractivity contribution in [2.45, 2.75) is 6.54 Å². The number of hydrogen-bond donors (Lipinski definition) is 3. The molecule has 0 aliphatic carbocycles. The lowest BCUT2D eigenvalue weighted by Crippen LogP contribution is -2.42. The van der Waals surface area contributed by atoms with Gasteiger partial charge in [0, 0.05) is 42.3 Å². The molecule has 0 bridgehead atoms. The Morgan fingerprint density at radius 2 is 1.81 bits per heavy atom. The zero-order chi connectivity index (χ0) is 22.5. The number of pyridine rings is 1. The van der Waals surface area contributed by atoms with Gasteiger partial charge in [-0.05, 0) is 18.2 Å². The van der Waals surface area contributed by atoms with Gasteiger partial charge >= 0.3 is 0 Å². The van der Waals surface area contributed by atoms with Crippen LogP contribution in [-0.4, -0.2) is 53.8 Å². The summed E-state index contributed by atoms with van der Waals surface area (Å²) < 4.78 is 5.51. The minimum Gasteiger partial charge on any atom is -0.483 e. The van der Waals surface area contributed by atoms with E-state index in [-0.39, 0.29) is 31.2 Å². The summed E-state index contributed by atoms with van der Waals surface area (Å²) in [5.41, 5.74) is 1.06. The number of aromatic amines is 1. The van der Waals surface area contributed by atoms with Crippen molar-refractivity contribution < 1.29 is 19.1 Å². The number of carbonyl (C=O) groups excluding carboxylic acids is 3. The van der Waals surface area contributed by atoms with Crippen LogP contribution < -0.4 is 20.8 Å². The van der Waals surface area contributed by atoms with E-state index in [9.17, 15) is 19.2 Å². The van der Waals surface area contributed by atoms with Crippen LogP contribution in [0.15, 0.2) is 59.5 Å². The van der Waals surface area contributed by atoms with Crippen molar-refractivity contribution in [3.63, 3.8) is 0 Å². The van der Waals surface area contributed by atoms with Gasteiger partial charge in [-0.25, -0.2) is 0 Å². The fraction of sp³-hybridized carbons (Fsp3) is 0.217. The third-order valence-corrected chi connectivity index (χ3v) is 5.18. The first kappa shape index (κ1) is 21.1. The van der Waals surface area contributed by atoms with E-state index in [0.29, 0.717) is 29.7 Å². The van der Waals surface area contributed by atoms with E-state index < -0.39 is 17.2 Å². The lowest BCUT2D eigenvalue weighted by atomic mass is 10.1. The van der Waals surface area contributed by atoms with Crippen LogP contribution in [-0.2, 0) is 16.1 Å². The molecule has 2 aromatic carbocycles. The van der Waals surface area contributed by atoms with Gasteiger partial charge in [-0.15, -0.1) is 0 Å². The third-order valence-electron chi connectivity index (χ3n) is 5.18. The monoisotopic (exact) mass is 434 g/mol. The molecule has 1 aromatic heterocycles. The van der Waals surface area contributed by atoms with Gasteiger partial charge in [0.1, 0.15) is 11.3 Å². The second kappa shape index (κ2) is 9.34. The Hall–Kier alpha value is -4.14. The number of nitrogens with zero attached hydrogens (tertiary/aromatic N) is 1. The van der Waals surface area contributed by atoms with Gasteiger partial charge in [0.05, 0.1) is 6.54 Å². The largest absolute Gasteiger partial charge is 0.483 e. The van der Waals surface area contributed by atoms with E-state index in [0.717, 1.165) is 5.56 Å². The van der Waals surface area contributed by atoms with Crippen LogP contribution in [0.1, 0.15) is 15.9 Å². The molecule has 0 fully saturated rings. The van der Waals surface area contributed by atoms with Gasteiger partial charge in [0.25, 0.3) is 11.8 Å². The Kier molecular flexibility index (Phi) is 6.16. The van der Waals surface area contributed by atoms with Crippen LogP contribution in [0.4, 0.5) is 0 Å². The van der Waals surface area contributed by atoms with Gasteiger partial charge in [-0.2, -0.15) is 0 Å². The maximum Gasteiger partial charge on any atom is 0.260 e. The van der Waals surface area contributed by atoms with Gasteiger partial charge < -0.3 is 25.3 Å². The maximum absolute atomic E-state index is 12.5. The molecule has 3 N–H and O–H groups in total. The van der Waals surface area contributed by atoms with E-state index >= 15 is 0 Å². The molecular weight excluding hydrogens is 412 g/mol. The van der Waals surface area contributed by atoms with Crippen LogP contribution in [0.2, 0.25) is 0 Å². The molecule has 0 unspecified atom stereocenters. The molecule has 0 saturated heterocycles. The van der Waals surface area contributed by atoms with E-state index in [2.05, 4.69) is 15.6 Å². The summed E-state index contributed by atoms with van der Waals surface area (Å²) in [6.07, 6.45) is 1.34. The van der Waals surface area contributed by atoms with Crippen molar-refractivity contribution in [2.24, 2.45) is 0 Å². The number of H-pyrrole nitrogens is 1. The summed E-state index contributed by atoms with van der Waals surface area (Å²) in [7, 11) is 0. The molecule has 32 heavy (non-hydrogen) atoms. The van der Waals surface area contributed by atoms with Gasteiger partial charge in [0.15, 0.2) is 6.61 Å². The summed E-state index contributed by atoms with van der Waals surface area (Å²) in [6, 6.07) is 14.3. The minimum absolute atomic E-state index is 0.0542. The van der Waals surface area contributed by atoms with Crippen LogP contribution in [0, 0.1) is 0 Å². The molecule has 3 amide bonds. The molecule has 1 aliphatic heterocycles. The molecule has 3 aromatic rings. The number of fused-ring (bicyclic) bond motifs is 2. The smallest absolute Gasteiger partial charge is 0.260 e. The number of rotatable bonds is 6. The number of amides is 3. The van der Waals surface area contributed by atoms with Crippen molar-refractivity contribution in [1.82, 2.24) is 20.5 Å². The number of hydrogen-bond acceptors (Lipinski definition) is 5. The third kappa shape index (κ3) is 4.61. The minimum atomic E-state index is -0.636. The van der Waals surface area contributed by atoms with Gasteiger partial charge in [-0.3, -0.25) is 19.2 Å². The number of ether oxygens (including phenoxy) is 1. The predicted molar refractivity (Wildman–Crippen MR) is 117 cm³/mol. The normalized spacial score (nSPS) is 13.1. The van der Waals surface area contributed by atoms with Crippen molar-refractivity contribution in [3.05, 3.63) is 76.1 Å². The fourth-order valence-electron chi connectivity index (χ4n) is 3.49. The number of para-hydroxylation sites is 2. The Morgan fingerprint density at radius 1 is 1.03 bits per heavy atom. The summed E-state index contributed by atoms with van der Waals surface area (Å²) in [4.78, 5) is 53.7. The second-order valence-corrected chi connectivity index (χ2v) is 7.32. The van der Waals surface area contributed by atoms with Gasteiger partial charge in [-0.1, -0.05) is 30.3 Å². The Bertz CT molecular complexity index is 1240. The van der Waals surface area contributed by atoms with E-state index in [4.69, 9.17) is 4.74 Å². The molecule has 164 valence electrons. The highest BCUT2D eigenvalue weighted by atomic mass is 16.5.